The number of amides is 1. The van der Waals surface area contributed by atoms with Gasteiger partial charge in [-0.15, -0.1) is 0 Å². The number of carbonyl (C=O) groups is 1. The third-order valence-corrected chi connectivity index (χ3v) is 4.46. The van der Waals surface area contributed by atoms with Crippen molar-refractivity contribution in [1.82, 2.24) is 4.90 Å². The number of hydrogen-bond acceptors (Lipinski definition) is 1. The second-order valence-corrected chi connectivity index (χ2v) is 5.49. The van der Waals surface area contributed by atoms with Gasteiger partial charge in [-0.2, -0.15) is 0 Å². The number of rotatable bonds is 2. The van der Waals surface area contributed by atoms with Gasteiger partial charge in [0.2, 0.25) is 6.41 Å². The van der Waals surface area contributed by atoms with Crippen LogP contribution in [-0.4, -0.2) is 17.4 Å². The van der Waals surface area contributed by atoms with E-state index in [1.54, 1.807) is 0 Å². The molecule has 2 aromatic carbocycles. The molecule has 0 radical (unpaired) electrons. The molecule has 0 bridgehead atoms. The van der Waals surface area contributed by atoms with Gasteiger partial charge in [0.1, 0.15) is 0 Å². The summed E-state index contributed by atoms with van der Waals surface area (Å²) in [6, 6.07) is 19.2. The Balaban J connectivity index is 2.17. The molecule has 2 aromatic rings. The van der Waals surface area contributed by atoms with Gasteiger partial charge >= 0.3 is 0 Å². The monoisotopic (exact) mass is 265 g/mol. The van der Waals surface area contributed by atoms with Crippen molar-refractivity contribution < 1.29 is 4.79 Å². The van der Waals surface area contributed by atoms with Crippen LogP contribution >= 0.6 is 0 Å². The fourth-order valence-electron chi connectivity index (χ4n) is 3.43. The first-order valence-corrected chi connectivity index (χ1v) is 7.10. The SMILES string of the molecule is C[C@H]1c2ccccc2[C@H](c2ccccc2)[C@H](C)N1C=O. The largest absolute Gasteiger partial charge is 0.335 e. The lowest BCUT2D eigenvalue weighted by Gasteiger charge is -2.43. The molecule has 0 fully saturated rings. The van der Waals surface area contributed by atoms with Gasteiger partial charge in [0.25, 0.3) is 0 Å². The van der Waals surface area contributed by atoms with Gasteiger partial charge in [-0.3, -0.25) is 4.79 Å². The van der Waals surface area contributed by atoms with Gasteiger partial charge in [-0.1, -0.05) is 54.6 Å². The second-order valence-electron chi connectivity index (χ2n) is 5.49. The fourth-order valence-corrected chi connectivity index (χ4v) is 3.43. The van der Waals surface area contributed by atoms with Gasteiger partial charge in [-0.25, -0.2) is 0 Å². The third-order valence-electron chi connectivity index (χ3n) is 4.46. The van der Waals surface area contributed by atoms with Crippen LogP contribution < -0.4 is 0 Å². The summed E-state index contributed by atoms with van der Waals surface area (Å²) < 4.78 is 0. The molecule has 20 heavy (non-hydrogen) atoms. The quantitative estimate of drug-likeness (QED) is 0.757. The minimum absolute atomic E-state index is 0.138. The molecule has 2 nitrogen and oxygen atoms in total. The predicted molar refractivity (Wildman–Crippen MR) is 80.5 cm³/mol. The van der Waals surface area contributed by atoms with E-state index in [0.29, 0.717) is 0 Å². The van der Waals surface area contributed by atoms with Crippen molar-refractivity contribution in [2.75, 3.05) is 0 Å². The lowest BCUT2D eigenvalue weighted by Crippen LogP contribution is -2.43. The van der Waals surface area contributed by atoms with Crippen molar-refractivity contribution in [3.05, 3.63) is 71.3 Å². The van der Waals surface area contributed by atoms with Crippen LogP contribution in [0, 0.1) is 0 Å². The maximum absolute atomic E-state index is 11.5. The van der Waals surface area contributed by atoms with Crippen molar-refractivity contribution >= 4 is 6.41 Å². The van der Waals surface area contributed by atoms with Crippen molar-refractivity contribution in [3.63, 3.8) is 0 Å². The first-order valence-electron chi connectivity index (χ1n) is 7.10. The molecule has 0 aromatic heterocycles. The fraction of sp³-hybridized carbons (Fsp3) is 0.278. The number of nitrogens with zero attached hydrogens (tertiary/aromatic N) is 1. The Hall–Kier alpha value is -2.09. The normalized spacial score (nSPS) is 25.1. The van der Waals surface area contributed by atoms with E-state index in [2.05, 4.69) is 62.4 Å². The molecule has 1 aliphatic heterocycles. The summed E-state index contributed by atoms with van der Waals surface area (Å²) in [6.07, 6.45) is 0.987. The first-order chi connectivity index (χ1) is 9.74. The maximum atomic E-state index is 11.5. The summed E-state index contributed by atoms with van der Waals surface area (Å²) in [7, 11) is 0. The summed E-state index contributed by atoms with van der Waals surface area (Å²) in [5.41, 5.74) is 3.87. The molecule has 2 heteroatoms. The number of fused-ring (bicyclic) bond motifs is 1. The van der Waals surface area contributed by atoms with Gasteiger partial charge in [-0.05, 0) is 30.5 Å². The summed E-state index contributed by atoms with van der Waals surface area (Å²) in [4.78, 5) is 13.4. The number of hydrogen-bond donors (Lipinski definition) is 0. The Kier molecular flexibility index (Phi) is 3.31. The summed E-state index contributed by atoms with van der Waals surface area (Å²) in [5, 5.41) is 0. The van der Waals surface area contributed by atoms with Crippen LogP contribution in [0.15, 0.2) is 54.6 Å². The van der Waals surface area contributed by atoms with Crippen LogP contribution in [0.3, 0.4) is 0 Å². The highest BCUT2D eigenvalue weighted by atomic mass is 16.1. The molecular weight excluding hydrogens is 246 g/mol. The van der Waals surface area contributed by atoms with Crippen LogP contribution in [0.2, 0.25) is 0 Å². The van der Waals surface area contributed by atoms with Gasteiger partial charge in [0.15, 0.2) is 0 Å². The van der Waals surface area contributed by atoms with Gasteiger partial charge in [0, 0.05) is 12.0 Å². The van der Waals surface area contributed by atoms with Gasteiger partial charge < -0.3 is 4.90 Å². The van der Waals surface area contributed by atoms with Crippen LogP contribution in [0.5, 0.6) is 0 Å². The van der Waals surface area contributed by atoms with E-state index in [9.17, 15) is 4.79 Å². The highest BCUT2D eigenvalue weighted by molar-refractivity contribution is 5.54. The molecular formula is C18H19NO. The second kappa shape index (κ2) is 5.12. The molecule has 3 atom stereocenters. The molecule has 0 saturated heterocycles. The molecule has 0 unspecified atom stereocenters. The van der Waals surface area contributed by atoms with E-state index in [-0.39, 0.29) is 18.0 Å². The van der Waals surface area contributed by atoms with Crippen molar-refractivity contribution in [2.24, 2.45) is 0 Å². The van der Waals surface area contributed by atoms with Crippen molar-refractivity contribution in [3.8, 4) is 0 Å². The zero-order valence-electron chi connectivity index (χ0n) is 11.9. The minimum atomic E-state index is 0.138. The highest BCUT2D eigenvalue weighted by Crippen LogP contribution is 2.42. The smallest absolute Gasteiger partial charge is 0.210 e. The van der Waals surface area contributed by atoms with Crippen molar-refractivity contribution in [2.45, 2.75) is 31.8 Å². The molecule has 0 spiro atoms. The Labute approximate surface area is 120 Å². The summed E-state index contributed by atoms with van der Waals surface area (Å²) >= 11 is 0. The minimum Gasteiger partial charge on any atom is -0.335 e. The van der Waals surface area contributed by atoms with Crippen LogP contribution in [0.4, 0.5) is 0 Å². The third kappa shape index (κ3) is 1.92. The Bertz CT molecular complexity index is 608. The lowest BCUT2D eigenvalue weighted by atomic mass is 9.77. The molecule has 3 rings (SSSR count). The summed E-state index contributed by atoms with van der Waals surface area (Å²) in [5.74, 6) is 0.244. The Morgan fingerprint density at radius 3 is 2.15 bits per heavy atom. The van der Waals surface area contributed by atoms with E-state index in [0.717, 1.165) is 6.41 Å². The summed E-state index contributed by atoms with van der Waals surface area (Å²) in [6.45, 7) is 4.24. The number of benzene rings is 2. The van der Waals surface area contributed by atoms with E-state index < -0.39 is 0 Å². The zero-order chi connectivity index (χ0) is 14.1. The predicted octanol–water partition coefficient (Wildman–Crippen LogP) is 3.74. The maximum Gasteiger partial charge on any atom is 0.210 e. The molecule has 1 heterocycles. The van der Waals surface area contributed by atoms with Gasteiger partial charge in [0.05, 0.1) is 6.04 Å². The molecule has 1 aliphatic rings. The topological polar surface area (TPSA) is 20.3 Å². The standard InChI is InChI=1S/C18H19NO/c1-13-16-10-6-7-11-17(16)18(14(2)19(13)12-20)15-8-4-3-5-9-15/h3-14,18H,1-2H3/t13-,14-,18-/m0/s1. The van der Waals surface area contributed by atoms with E-state index >= 15 is 0 Å². The number of carbonyl (C=O) groups excluding carboxylic acids is 1. The molecule has 1 amide bonds. The van der Waals surface area contributed by atoms with Crippen molar-refractivity contribution in [1.29, 1.82) is 0 Å². The van der Waals surface area contributed by atoms with Crippen LogP contribution in [-0.2, 0) is 4.79 Å². The van der Waals surface area contributed by atoms with E-state index in [4.69, 9.17) is 0 Å². The molecule has 0 aliphatic carbocycles. The zero-order valence-corrected chi connectivity index (χ0v) is 11.9. The Morgan fingerprint density at radius 1 is 0.900 bits per heavy atom. The molecule has 102 valence electrons. The van der Waals surface area contributed by atoms with Crippen LogP contribution in [0.1, 0.15) is 42.5 Å². The average Bonchev–Trinajstić information content (AvgIpc) is 2.49. The molecule has 0 N–H and O–H groups in total. The lowest BCUT2D eigenvalue weighted by molar-refractivity contribution is -0.123. The van der Waals surface area contributed by atoms with Crippen LogP contribution in [0.25, 0.3) is 0 Å². The van der Waals surface area contributed by atoms with E-state index in [1.807, 2.05) is 11.0 Å². The average molecular weight is 265 g/mol. The Morgan fingerprint density at radius 2 is 1.50 bits per heavy atom. The first kappa shape index (κ1) is 12.9. The highest BCUT2D eigenvalue weighted by Gasteiger charge is 2.36. The van der Waals surface area contributed by atoms with E-state index in [1.165, 1.54) is 16.7 Å². The molecule has 0 saturated carbocycles.